The van der Waals surface area contributed by atoms with Crippen LogP contribution in [0.3, 0.4) is 0 Å². The number of rotatable bonds is 6. The van der Waals surface area contributed by atoms with Gasteiger partial charge in [-0.25, -0.2) is 9.78 Å². The Morgan fingerprint density at radius 3 is 2.54 bits per heavy atom. The number of aliphatic hydroxyl groups excluding tert-OH is 1. The average Bonchev–Trinajstić information content (AvgIpc) is 3.44. The van der Waals surface area contributed by atoms with Crippen LogP contribution in [0.4, 0.5) is 10.8 Å². The van der Waals surface area contributed by atoms with Gasteiger partial charge >= 0.3 is 11.9 Å². The molecule has 12 nitrogen and oxygen atoms in total. The number of anilines is 1. The largest absolute Gasteiger partial charge is 0.507 e. The van der Waals surface area contributed by atoms with Crippen molar-refractivity contribution >= 4 is 45.6 Å². The number of hydrogen-bond acceptors (Lipinski definition) is 11. The van der Waals surface area contributed by atoms with Crippen LogP contribution in [0, 0.1) is 17.0 Å². The van der Waals surface area contributed by atoms with Gasteiger partial charge in [0.1, 0.15) is 23.9 Å². The SMILES string of the molecule is CCOC(=O)c1sc(N2C(=O)C(=O)C(=C(O)c3ccc4c(c3)OCCO4)C2c2ccc([N+](=O)[O-])cc2)nc1C. The Balaban J connectivity index is 1.67. The van der Waals surface area contributed by atoms with Gasteiger partial charge in [0.2, 0.25) is 0 Å². The predicted octanol–water partition coefficient (Wildman–Crippen LogP) is 3.93. The van der Waals surface area contributed by atoms with E-state index >= 15 is 0 Å². The molecule has 13 heteroatoms. The number of aliphatic hydroxyl groups is 1. The Hall–Kier alpha value is -4.78. The maximum Gasteiger partial charge on any atom is 0.350 e. The quantitative estimate of drug-likeness (QED) is 0.119. The number of hydrogen-bond donors (Lipinski definition) is 1. The fourth-order valence-electron chi connectivity index (χ4n) is 4.34. The average molecular weight is 552 g/mol. The summed E-state index contributed by atoms with van der Waals surface area (Å²) in [4.78, 5) is 55.4. The van der Waals surface area contributed by atoms with E-state index in [4.69, 9.17) is 14.2 Å². The molecule has 1 atom stereocenters. The number of nitro benzene ring substituents is 1. The normalized spacial score (nSPS) is 17.8. The van der Waals surface area contributed by atoms with E-state index < -0.39 is 34.4 Å². The number of aromatic nitrogens is 1. The highest BCUT2D eigenvalue weighted by atomic mass is 32.1. The summed E-state index contributed by atoms with van der Waals surface area (Å²) in [5.74, 6) is -2.25. The van der Waals surface area contributed by atoms with Gasteiger partial charge < -0.3 is 19.3 Å². The molecule has 0 spiro atoms. The molecule has 2 aliphatic rings. The monoisotopic (exact) mass is 551 g/mol. The molecule has 39 heavy (non-hydrogen) atoms. The van der Waals surface area contributed by atoms with Gasteiger partial charge in [0.15, 0.2) is 16.6 Å². The van der Waals surface area contributed by atoms with Crippen LogP contribution in [0.5, 0.6) is 11.5 Å². The smallest absolute Gasteiger partial charge is 0.350 e. The summed E-state index contributed by atoms with van der Waals surface area (Å²) >= 11 is 0.863. The zero-order chi connectivity index (χ0) is 27.8. The number of nitro groups is 1. The minimum atomic E-state index is -1.19. The van der Waals surface area contributed by atoms with Crippen molar-refractivity contribution in [3.8, 4) is 11.5 Å². The van der Waals surface area contributed by atoms with Crippen molar-refractivity contribution in [3.05, 3.63) is 79.8 Å². The lowest BCUT2D eigenvalue weighted by atomic mass is 9.95. The van der Waals surface area contributed by atoms with Crippen molar-refractivity contribution < 1.29 is 38.6 Å². The first kappa shape index (κ1) is 25.9. The van der Waals surface area contributed by atoms with Crippen LogP contribution in [0.15, 0.2) is 48.0 Å². The zero-order valence-electron chi connectivity index (χ0n) is 20.7. The van der Waals surface area contributed by atoms with Crippen LogP contribution in [0.2, 0.25) is 0 Å². The highest BCUT2D eigenvalue weighted by Crippen LogP contribution is 2.45. The van der Waals surface area contributed by atoms with Gasteiger partial charge in [0, 0.05) is 17.7 Å². The number of carbonyl (C=O) groups is 3. The van der Waals surface area contributed by atoms with Crippen LogP contribution in [0.1, 0.15) is 39.5 Å². The summed E-state index contributed by atoms with van der Waals surface area (Å²) in [6, 6.07) is 8.66. The minimum Gasteiger partial charge on any atom is -0.507 e. The molecule has 0 bridgehead atoms. The number of carbonyl (C=O) groups excluding carboxylic acids is 3. The summed E-state index contributed by atoms with van der Waals surface area (Å²) in [6.07, 6.45) is 0. The molecule has 1 unspecified atom stereocenters. The van der Waals surface area contributed by atoms with Gasteiger partial charge in [0.05, 0.1) is 28.8 Å². The van der Waals surface area contributed by atoms with Gasteiger partial charge in [-0.2, -0.15) is 0 Å². The second-order valence-corrected chi connectivity index (χ2v) is 9.49. The van der Waals surface area contributed by atoms with E-state index in [1.165, 1.54) is 36.4 Å². The van der Waals surface area contributed by atoms with E-state index in [-0.39, 0.29) is 33.4 Å². The molecule has 1 amide bonds. The second-order valence-electron chi connectivity index (χ2n) is 8.51. The lowest BCUT2D eigenvalue weighted by molar-refractivity contribution is -0.384. The van der Waals surface area contributed by atoms with E-state index in [9.17, 15) is 29.6 Å². The number of Topliss-reactive ketones (excluding diaryl/α,β-unsaturated/α-hetero) is 1. The number of fused-ring (bicyclic) bond motifs is 1. The molecule has 1 N–H and O–H groups in total. The van der Waals surface area contributed by atoms with Crippen molar-refractivity contribution in [1.29, 1.82) is 0 Å². The summed E-state index contributed by atoms with van der Waals surface area (Å²) in [5, 5.41) is 22.6. The maximum absolute atomic E-state index is 13.4. The third-order valence-electron chi connectivity index (χ3n) is 6.13. The number of ketones is 1. The molecular formula is C26H21N3O9S. The van der Waals surface area contributed by atoms with Gasteiger partial charge in [-0.1, -0.05) is 11.3 Å². The maximum atomic E-state index is 13.4. The number of aryl methyl sites for hydroxylation is 1. The first-order valence-electron chi connectivity index (χ1n) is 11.8. The molecule has 1 aromatic heterocycles. The molecule has 2 aromatic carbocycles. The second kappa shape index (κ2) is 10.2. The summed E-state index contributed by atoms with van der Waals surface area (Å²) in [7, 11) is 0. The first-order chi connectivity index (χ1) is 18.7. The Morgan fingerprint density at radius 1 is 1.18 bits per heavy atom. The number of thiazole rings is 1. The van der Waals surface area contributed by atoms with Crippen LogP contribution in [-0.2, 0) is 14.3 Å². The molecule has 0 radical (unpaired) electrons. The van der Waals surface area contributed by atoms with Gasteiger partial charge in [-0.3, -0.25) is 24.6 Å². The molecule has 1 fully saturated rings. The van der Waals surface area contributed by atoms with Crippen molar-refractivity contribution in [3.63, 3.8) is 0 Å². The Labute approximate surface area is 225 Å². The molecule has 5 rings (SSSR count). The van der Waals surface area contributed by atoms with Crippen molar-refractivity contribution in [1.82, 2.24) is 4.98 Å². The van der Waals surface area contributed by atoms with Gasteiger partial charge in [0.25, 0.3) is 11.5 Å². The van der Waals surface area contributed by atoms with Gasteiger partial charge in [-0.05, 0) is 49.7 Å². The Morgan fingerprint density at radius 2 is 1.87 bits per heavy atom. The molecule has 0 saturated carbocycles. The molecule has 0 aliphatic carbocycles. The molecule has 1 saturated heterocycles. The lowest BCUT2D eigenvalue weighted by Gasteiger charge is -2.23. The third-order valence-corrected chi connectivity index (χ3v) is 7.27. The number of esters is 1. The van der Waals surface area contributed by atoms with E-state index in [2.05, 4.69) is 4.98 Å². The highest BCUT2D eigenvalue weighted by Gasteiger charge is 2.48. The number of benzene rings is 2. The number of amides is 1. The Kier molecular flexibility index (Phi) is 6.74. The molecule has 200 valence electrons. The van der Waals surface area contributed by atoms with E-state index in [0.29, 0.717) is 36.0 Å². The lowest BCUT2D eigenvalue weighted by Crippen LogP contribution is -2.29. The van der Waals surface area contributed by atoms with Crippen LogP contribution in [0.25, 0.3) is 5.76 Å². The number of non-ortho nitro benzene ring substituents is 1. The van der Waals surface area contributed by atoms with Crippen LogP contribution >= 0.6 is 11.3 Å². The third kappa shape index (κ3) is 4.56. The fourth-order valence-corrected chi connectivity index (χ4v) is 5.33. The molecule has 3 aromatic rings. The van der Waals surface area contributed by atoms with Crippen molar-refractivity contribution in [2.75, 3.05) is 24.7 Å². The number of ether oxygens (including phenoxy) is 3. The van der Waals surface area contributed by atoms with E-state index in [1.807, 2.05) is 0 Å². The minimum absolute atomic E-state index is 0.0298. The van der Waals surface area contributed by atoms with Gasteiger partial charge in [-0.15, -0.1) is 0 Å². The fraction of sp³-hybridized carbons (Fsp3) is 0.231. The van der Waals surface area contributed by atoms with Crippen molar-refractivity contribution in [2.45, 2.75) is 19.9 Å². The highest BCUT2D eigenvalue weighted by molar-refractivity contribution is 7.17. The predicted molar refractivity (Wildman–Crippen MR) is 138 cm³/mol. The van der Waals surface area contributed by atoms with E-state index in [0.717, 1.165) is 16.2 Å². The topological polar surface area (TPSA) is 158 Å². The summed E-state index contributed by atoms with van der Waals surface area (Å²) in [5.41, 5.74) is 0.356. The Bertz CT molecular complexity index is 1540. The van der Waals surface area contributed by atoms with Crippen LogP contribution in [-0.4, -0.2) is 52.5 Å². The zero-order valence-corrected chi connectivity index (χ0v) is 21.5. The molecule has 3 heterocycles. The summed E-state index contributed by atoms with van der Waals surface area (Å²) < 4.78 is 16.2. The summed E-state index contributed by atoms with van der Waals surface area (Å²) in [6.45, 7) is 4.02. The van der Waals surface area contributed by atoms with E-state index in [1.54, 1.807) is 19.9 Å². The molecular weight excluding hydrogens is 530 g/mol. The first-order valence-corrected chi connectivity index (χ1v) is 12.6. The van der Waals surface area contributed by atoms with Crippen LogP contribution < -0.4 is 14.4 Å². The number of nitrogens with zero attached hydrogens (tertiary/aromatic N) is 3. The van der Waals surface area contributed by atoms with Crippen molar-refractivity contribution in [2.24, 2.45) is 0 Å². The molecule has 2 aliphatic heterocycles. The standard InChI is InChI=1S/C26H21N3O9S/c1-3-36-25(33)23-13(2)27-26(39-23)28-20(14-4-7-16(8-5-14)29(34)35)19(22(31)24(28)32)21(30)15-6-9-17-18(12-15)38-11-10-37-17/h4-9,12,20,30H,3,10-11H2,1-2H3.